The number of hydrogen-bond acceptors (Lipinski definition) is 1. The number of benzene rings is 1. The number of rotatable bonds is 2. The van der Waals surface area contributed by atoms with E-state index in [1.54, 1.807) is 0 Å². The number of aryl methyl sites for hydroxylation is 2. The molecule has 0 aliphatic heterocycles. The molecule has 3 unspecified atom stereocenters. The minimum Gasteiger partial charge on any atom is -0.388 e. The maximum Gasteiger partial charge on any atom is 0.0794 e. The van der Waals surface area contributed by atoms with Crippen molar-refractivity contribution in [3.05, 3.63) is 34.9 Å². The van der Waals surface area contributed by atoms with Gasteiger partial charge in [0.05, 0.1) is 5.60 Å². The minimum atomic E-state index is -0.546. The Labute approximate surface area is 128 Å². The molecule has 2 saturated carbocycles. The van der Waals surface area contributed by atoms with Gasteiger partial charge in [0.1, 0.15) is 0 Å². The van der Waals surface area contributed by atoms with E-state index in [2.05, 4.69) is 39.0 Å². The van der Waals surface area contributed by atoms with Gasteiger partial charge in [0, 0.05) is 6.42 Å². The van der Waals surface area contributed by atoms with Crippen LogP contribution >= 0.6 is 0 Å². The molecule has 1 heteroatoms. The van der Waals surface area contributed by atoms with E-state index < -0.39 is 5.60 Å². The molecule has 1 nitrogen and oxygen atoms in total. The Bertz CT molecular complexity index is 581. The fourth-order valence-corrected chi connectivity index (χ4v) is 5.82. The Balaban J connectivity index is 1.70. The van der Waals surface area contributed by atoms with Crippen molar-refractivity contribution < 1.29 is 5.11 Å². The second-order valence-electron chi connectivity index (χ2n) is 8.72. The van der Waals surface area contributed by atoms with E-state index in [9.17, 15) is 5.11 Å². The van der Waals surface area contributed by atoms with Gasteiger partial charge in [0.15, 0.2) is 0 Å². The van der Waals surface area contributed by atoms with Gasteiger partial charge in [-0.05, 0) is 72.0 Å². The van der Waals surface area contributed by atoms with Crippen molar-refractivity contribution in [3.8, 4) is 0 Å². The predicted molar refractivity (Wildman–Crippen MR) is 86.3 cm³/mol. The van der Waals surface area contributed by atoms with Gasteiger partial charge in [-0.25, -0.2) is 0 Å². The molecule has 2 bridgehead atoms. The van der Waals surface area contributed by atoms with Crippen molar-refractivity contribution in [2.24, 2.45) is 16.7 Å². The van der Waals surface area contributed by atoms with Gasteiger partial charge < -0.3 is 5.11 Å². The summed E-state index contributed by atoms with van der Waals surface area (Å²) in [6, 6.07) is 6.96. The molecule has 4 rings (SSSR count). The monoisotopic (exact) mass is 284 g/mol. The topological polar surface area (TPSA) is 20.2 Å². The number of aliphatic hydroxyl groups is 1. The molecule has 0 radical (unpaired) electrons. The lowest BCUT2D eigenvalue weighted by Gasteiger charge is -2.51. The third kappa shape index (κ3) is 1.67. The summed E-state index contributed by atoms with van der Waals surface area (Å²) < 4.78 is 0. The second-order valence-corrected chi connectivity index (χ2v) is 8.72. The molecule has 3 atom stereocenters. The molecule has 0 spiro atoms. The van der Waals surface area contributed by atoms with Gasteiger partial charge in [0.25, 0.3) is 0 Å². The van der Waals surface area contributed by atoms with Crippen molar-refractivity contribution in [3.63, 3.8) is 0 Å². The summed E-state index contributed by atoms with van der Waals surface area (Å²) >= 11 is 0. The van der Waals surface area contributed by atoms with Gasteiger partial charge in [0.2, 0.25) is 0 Å². The Hall–Kier alpha value is -0.820. The van der Waals surface area contributed by atoms with Crippen molar-refractivity contribution in [2.45, 2.75) is 71.3 Å². The molecule has 0 amide bonds. The molecule has 1 N–H and O–H groups in total. The van der Waals surface area contributed by atoms with E-state index in [-0.39, 0.29) is 10.8 Å². The van der Waals surface area contributed by atoms with E-state index >= 15 is 0 Å². The first-order valence-electron chi connectivity index (χ1n) is 8.69. The predicted octanol–water partition coefficient (Wildman–Crippen LogP) is 4.30. The van der Waals surface area contributed by atoms with E-state index in [0.717, 1.165) is 6.42 Å². The van der Waals surface area contributed by atoms with Crippen LogP contribution in [-0.2, 0) is 19.3 Å². The van der Waals surface area contributed by atoms with Gasteiger partial charge in [-0.1, -0.05) is 39.0 Å². The zero-order valence-electron chi connectivity index (χ0n) is 13.7. The zero-order chi connectivity index (χ0) is 14.9. The quantitative estimate of drug-likeness (QED) is 0.858. The van der Waals surface area contributed by atoms with Crippen LogP contribution in [0.2, 0.25) is 0 Å². The fourth-order valence-electron chi connectivity index (χ4n) is 5.82. The van der Waals surface area contributed by atoms with E-state index in [4.69, 9.17) is 0 Å². The molecule has 3 aliphatic rings. The Morgan fingerprint density at radius 3 is 2.62 bits per heavy atom. The van der Waals surface area contributed by atoms with Gasteiger partial charge in [-0.3, -0.25) is 0 Å². The van der Waals surface area contributed by atoms with Crippen LogP contribution in [-0.4, -0.2) is 10.7 Å². The molecule has 1 aromatic carbocycles. The molecular weight excluding hydrogens is 256 g/mol. The minimum absolute atomic E-state index is 0.0407. The SMILES string of the molecule is CC12CCC(C1)C(C)(C)C2(O)Cc1ccc2c(c1)CCC2. The summed E-state index contributed by atoms with van der Waals surface area (Å²) in [6.45, 7) is 6.93. The summed E-state index contributed by atoms with van der Waals surface area (Å²) in [5.41, 5.74) is 4.01. The Morgan fingerprint density at radius 1 is 1.14 bits per heavy atom. The fraction of sp³-hybridized carbons (Fsp3) is 0.700. The first-order chi connectivity index (χ1) is 9.86. The number of hydrogen-bond donors (Lipinski definition) is 1. The molecule has 0 aromatic heterocycles. The van der Waals surface area contributed by atoms with Crippen LogP contribution in [0.4, 0.5) is 0 Å². The van der Waals surface area contributed by atoms with Crippen molar-refractivity contribution in [2.75, 3.05) is 0 Å². The molecule has 2 fully saturated rings. The maximum absolute atomic E-state index is 11.7. The van der Waals surface area contributed by atoms with E-state index in [1.807, 2.05) is 0 Å². The summed E-state index contributed by atoms with van der Waals surface area (Å²) in [6.07, 6.45) is 8.31. The molecular formula is C20H28O. The smallest absolute Gasteiger partial charge is 0.0794 e. The lowest BCUT2D eigenvalue weighted by atomic mass is 9.58. The lowest BCUT2D eigenvalue weighted by molar-refractivity contribution is -0.141. The van der Waals surface area contributed by atoms with Crippen molar-refractivity contribution in [1.29, 1.82) is 0 Å². The third-order valence-corrected chi connectivity index (χ3v) is 7.45. The van der Waals surface area contributed by atoms with Crippen molar-refractivity contribution in [1.82, 2.24) is 0 Å². The van der Waals surface area contributed by atoms with E-state index in [1.165, 1.54) is 55.2 Å². The van der Waals surface area contributed by atoms with Gasteiger partial charge in [-0.2, -0.15) is 0 Å². The highest BCUT2D eigenvalue weighted by Gasteiger charge is 2.67. The highest BCUT2D eigenvalue weighted by atomic mass is 16.3. The van der Waals surface area contributed by atoms with Crippen LogP contribution in [0.3, 0.4) is 0 Å². The van der Waals surface area contributed by atoms with E-state index in [0.29, 0.717) is 5.92 Å². The summed E-state index contributed by atoms with van der Waals surface area (Å²) in [5, 5.41) is 11.7. The first-order valence-corrected chi connectivity index (χ1v) is 8.69. The average molecular weight is 284 g/mol. The first kappa shape index (κ1) is 13.8. The summed E-state index contributed by atoms with van der Waals surface area (Å²) in [4.78, 5) is 0. The van der Waals surface area contributed by atoms with Crippen LogP contribution < -0.4 is 0 Å². The normalized spacial score (nSPS) is 39.7. The third-order valence-electron chi connectivity index (χ3n) is 7.45. The van der Waals surface area contributed by atoms with Gasteiger partial charge in [-0.15, -0.1) is 0 Å². The lowest BCUT2D eigenvalue weighted by Crippen LogP contribution is -2.55. The van der Waals surface area contributed by atoms with Crippen LogP contribution in [0.15, 0.2) is 18.2 Å². The molecule has 3 aliphatic carbocycles. The summed E-state index contributed by atoms with van der Waals surface area (Å²) in [7, 11) is 0. The van der Waals surface area contributed by atoms with Crippen LogP contribution in [0.5, 0.6) is 0 Å². The zero-order valence-corrected chi connectivity index (χ0v) is 13.7. The molecule has 0 saturated heterocycles. The van der Waals surface area contributed by atoms with Crippen molar-refractivity contribution >= 4 is 0 Å². The van der Waals surface area contributed by atoms with Crippen LogP contribution in [0.25, 0.3) is 0 Å². The molecule has 1 aromatic rings. The highest BCUT2D eigenvalue weighted by Crippen LogP contribution is 2.68. The summed E-state index contributed by atoms with van der Waals surface area (Å²) in [5.74, 6) is 0.696. The highest BCUT2D eigenvalue weighted by molar-refractivity contribution is 5.37. The molecule has 21 heavy (non-hydrogen) atoms. The number of fused-ring (bicyclic) bond motifs is 3. The second kappa shape index (κ2) is 4.13. The van der Waals surface area contributed by atoms with Crippen LogP contribution in [0.1, 0.15) is 63.1 Å². The molecule has 114 valence electrons. The molecule has 0 heterocycles. The largest absolute Gasteiger partial charge is 0.388 e. The van der Waals surface area contributed by atoms with Gasteiger partial charge >= 0.3 is 0 Å². The maximum atomic E-state index is 11.7. The Morgan fingerprint density at radius 2 is 1.90 bits per heavy atom. The average Bonchev–Trinajstić information content (AvgIpc) is 3.07. The standard InChI is InChI=1S/C20H28O/c1-18(2)17-9-10-19(3,13-17)20(18,21)12-14-7-8-15-5-4-6-16(15)11-14/h7-8,11,17,21H,4-6,9-10,12-13H2,1-3H3. The Kier molecular flexibility index (Phi) is 2.72. The van der Waals surface area contributed by atoms with Crippen LogP contribution in [0, 0.1) is 16.7 Å².